The summed E-state index contributed by atoms with van der Waals surface area (Å²) >= 11 is 3.52. The van der Waals surface area contributed by atoms with Crippen LogP contribution in [0.1, 0.15) is 17.8 Å². The highest BCUT2D eigenvalue weighted by Crippen LogP contribution is 2.17. The van der Waals surface area contributed by atoms with Crippen LogP contribution in [-0.4, -0.2) is 29.0 Å². The molecule has 2 heterocycles. The van der Waals surface area contributed by atoms with Gasteiger partial charge in [0.1, 0.15) is 0 Å². The number of hydrogen-bond acceptors (Lipinski definition) is 5. The molecule has 76 valence electrons. The third kappa shape index (κ3) is 2.48. The normalized spacial score (nSPS) is 17.9. The minimum absolute atomic E-state index is 0.471. The fourth-order valence-corrected chi connectivity index (χ4v) is 2.69. The van der Waals surface area contributed by atoms with Crippen molar-refractivity contribution in [1.29, 1.82) is 0 Å². The Labute approximate surface area is 92.0 Å². The molecule has 14 heavy (non-hydrogen) atoms. The molecular weight excluding hydrogens is 214 g/mol. The van der Waals surface area contributed by atoms with Crippen molar-refractivity contribution in [2.45, 2.75) is 12.8 Å². The van der Waals surface area contributed by atoms with Crippen molar-refractivity contribution in [1.82, 2.24) is 10.3 Å². The van der Waals surface area contributed by atoms with E-state index in [0.717, 1.165) is 24.0 Å². The van der Waals surface area contributed by atoms with Crippen LogP contribution in [0.4, 0.5) is 0 Å². The van der Waals surface area contributed by atoms with Gasteiger partial charge in [0.15, 0.2) is 5.17 Å². The number of amidine groups is 1. The first-order valence-electron chi connectivity index (χ1n) is 4.67. The van der Waals surface area contributed by atoms with Crippen LogP contribution in [0.3, 0.4) is 0 Å². The third-order valence-corrected chi connectivity index (χ3v) is 3.96. The Kier molecular flexibility index (Phi) is 3.42. The molecule has 2 rings (SSSR count). The predicted octanol–water partition coefficient (Wildman–Crippen LogP) is 1.94. The fourth-order valence-electron chi connectivity index (χ4n) is 1.25. The fraction of sp³-hybridized carbons (Fsp3) is 0.556. The summed E-state index contributed by atoms with van der Waals surface area (Å²) in [5.41, 5.74) is 0. The number of rotatable bonds is 3. The van der Waals surface area contributed by atoms with Crippen molar-refractivity contribution in [3.63, 3.8) is 0 Å². The van der Waals surface area contributed by atoms with Crippen molar-refractivity contribution in [3.8, 4) is 0 Å². The van der Waals surface area contributed by atoms with Crippen LogP contribution in [0, 0.1) is 0 Å². The van der Waals surface area contributed by atoms with E-state index in [2.05, 4.69) is 22.2 Å². The second kappa shape index (κ2) is 4.79. The van der Waals surface area contributed by atoms with Gasteiger partial charge in [-0.05, 0) is 0 Å². The Morgan fingerprint density at radius 2 is 2.57 bits per heavy atom. The van der Waals surface area contributed by atoms with E-state index in [1.54, 1.807) is 23.1 Å². The first-order valence-corrected chi connectivity index (χ1v) is 6.53. The molecule has 0 spiro atoms. The summed E-state index contributed by atoms with van der Waals surface area (Å²) < 4.78 is 0. The highest BCUT2D eigenvalue weighted by atomic mass is 32.2. The maximum atomic E-state index is 4.34. The van der Waals surface area contributed by atoms with Crippen LogP contribution in [0.5, 0.6) is 0 Å². The number of nitrogens with one attached hydrogen (secondary N) is 1. The minimum atomic E-state index is 0.471. The molecule has 0 amide bonds. The first kappa shape index (κ1) is 9.98. The SMILES string of the molecule is CC(CNC1=NCCS1)c1nccs1. The third-order valence-electron chi connectivity index (χ3n) is 2.02. The smallest absolute Gasteiger partial charge is 0.156 e. The molecule has 1 aromatic heterocycles. The molecule has 0 saturated carbocycles. The van der Waals surface area contributed by atoms with E-state index < -0.39 is 0 Å². The Morgan fingerprint density at radius 3 is 3.21 bits per heavy atom. The molecular formula is C9H13N3S2. The lowest BCUT2D eigenvalue weighted by atomic mass is 10.2. The summed E-state index contributed by atoms with van der Waals surface area (Å²) in [5, 5.41) is 7.66. The van der Waals surface area contributed by atoms with E-state index in [1.807, 2.05) is 11.6 Å². The van der Waals surface area contributed by atoms with Gasteiger partial charge in [-0.3, -0.25) is 4.99 Å². The zero-order valence-electron chi connectivity index (χ0n) is 8.06. The highest BCUT2D eigenvalue weighted by molar-refractivity contribution is 8.14. The molecule has 1 atom stereocenters. The molecule has 1 N–H and O–H groups in total. The summed E-state index contributed by atoms with van der Waals surface area (Å²) in [6, 6.07) is 0. The van der Waals surface area contributed by atoms with E-state index in [-0.39, 0.29) is 0 Å². The summed E-state index contributed by atoms with van der Waals surface area (Å²) in [7, 11) is 0. The van der Waals surface area contributed by atoms with Crippen LogP contribution in [-0.2, 0) is 0 Å². The van der Waals surface area contributed by atoms with Crippen LogP contribution in [0.25, 0.3) is 0 Å². The van der Waals surface area contributed by atoms with Crippen LogP contribution < -0.4 is 5.32 Å². The summed E-state index contributed by atoms with van der Waals surface area (Å²) in [5.74, 6) is 1.59. The van der Waals surface area contributed by atoms with Gasteiger partial charge in [0.25, 0.3) is 0 Å². The highest BCUT2D eigenvalue weighted by Gasteiger charge is 2.11. The van der Waals surface area contributed by atoms with Gasteiger partial charge in [-0.2, -0.15) is 0 Å². The van der Waals surface area contributed by atoms with Gasteiger partial charge in [0.2, 0.25) is 0 Å². The molecule has 5 heteroatoms. The second-order valence-corrected chi connectivity index (χ2v) is 5.20. The molecule has 3 nitrogen and oxygen atoms in total. The van der Waals surface area contributed by atoms with Gasteiger partial charge in [0, 0.05) is 29.8 Å². The van der Waals surface area contributed by atoms with Gasteiger partial charge < -0.3 is 5.32 Å². The van der Waals surface area contributed by atoms with Gasteiger partial charge in [-0.1, -0.05) is 18.7 Å². The van der Waals surface area contributed by atoms with E-state index in [9.17, 15) is 0 Å². The minimum Gasteiger partial charge on any atom is -0.364 e. The molecule has 0 fully saturated rings. The van der Waals surface area contributed by atoms with Crippen LogP contribution >= 0.6 is 23.1 Å². The number of nitrogens with zero attached hydrogens (tertiary/aromatic N) is 2. The Hall–Kier alpha value is -0.550. The lowest BCUT2D eigenvalue weighted by molar-refractivity contribution is 0.718. The molecule has 0 aromatic carbocycles. The Bertz CT molecular complexity index is 308. The standard InChI is InChI=1S/C9H13N3S2/c1-7(8-10-2-4-13-8)6-12-9-11-3-5-14-9/h2,4,7H,3,5-6H2,1H3,(H,11,12). The number of aromatic nitrogens is 1. The average Bonchev–Trinajstić information content (AvgIpc) is 2.87. The van der Waals surface area contributed by atoms with E-state index in [1.165, 1.54) is 5.01 Å². The maximum Gasteiger partial charge on any atom is 0.156 e. The summed E-state index contributed by atoms with van der Waals surface area (Å²) in [6.45, 7) is 4.07. The number of aliphatic imine (C=N–C) groups is 1. The molecule has 1 aliphatic rings. The second-order valence-electron chi connectivity index (χ2n) is 3.19. The largest absolute Gasteiger partial charge is 0.364 e. The summed E-state index contributed by atoms with van der Waals surface area (Å²) in [4.78, 5) is 8.63. The molecule has 0 saturated heterocycles. The number of thioether (sulfide) groups is 1. The zero-order valence-corrected chi connectivity index (χ0v) is 9.70. The lowest BCUT2D eigenvalue weighted by Gasteiger charge is -2.09. The van der Waals surface area contributed by atoms with Crippen molar-refractivity contribution in [3.05, 3.63) is 16.6 Å². The van der Waals surface area contributed by atoms with Gasteiger partial charge in [-0.15, -0.1) is 11.3 Å². The predicted molar refractivity (Wildman–Crippen MR) is 63.3 cm³/mol. The molecule has 0 bridgehead atoms. The lowest BCUT2D eigenvalue weighted by Crippen LogP contribution is -2.24. The maximum absolute atomic E-state index is 4.34. The molecule has 1 unspecified atom stereocenters. The van der Waals surface area contributed by atoms with Gasteiger partial charge in [-0.25, -0.2) is 4.98 Å². The molecule has 0 radical (unpaired) electrons. The van der Waals surface area contributed by atoms with Crippen molar-refractivity contribution in [2.24, 2.45) is 4.99 Å². The monoisotopic (exact) mass is 227 g/mol. The first-order chi connectivity index (χ1) is 6.86. The Morgan fingerprint density at radius 1 is 1.64 bits per heavy atom. The van der Waals surface area contributed by atoms with Crippen molar-refractivity contribution >= 4 is 28.3 Å². The van der Waals surface area contributed by atoms with Crippen molar-refractivity contribution in [2.75, 3.05) is 18.8 Å². The van der Waals surface area contributed by atoms with E-state index in [0.29, 0.717) is 5.92 Å². The number of thiazole rings is 1. The van der Waals surface area contributed by atoms with Gasteiger partial charge in [0.05, 0.1) is 11.6 Å². The molecule has 1 aromatic rings. The molecule has 0 aliphatic carbocycles. The van der Waals surface area contributed by atoms with E-state index >= 15 is 0 Å². The average molecular weight is 227 g/mol. The van der Waals surface area contributed by atoms with Crippen LogP contribution in [0.2, 0.25) is 0 Å². The van der Waals surface area contributed by atoms with E-state index in [4.69, 9.17) is 0 Å². The van der Waals surface area contributed by atoms with Crippen LogP contribution in [0.15, 0.2) is 16.6 Å². The van der Waals surface area contributed by atoms with Crippen molar-refractivity contribution < 1.29 is 0 Å². The quantitative estimate of drug-likeness (QED) is 0.857. The van der Waals surface area contributed by atoms with Gasteiger partial charge >= 0.3 is 0 Å². The zero-order chi connectivity index (χ0) is 9.80. The summed E-state index contributed by atoms with van der Waals surface area (Å²) in [6.07, 6.45) is 1.86. The number of hydrogen-bond donors (Lipinski definition) is 1. The topological polar surface area (TPSA) is 37.3 Å². The Balaban J connectivity index is 1.80. The molecule has 1 aliphatic heterocycles.